The molecule has 3 rings (SSSR count). The van der Waals surface area contributed by atoms with Crippen molar-refractivity contribution >= 4 is 6.09 Å². The molecule has 24 heavy (non-hydrogen) atoms. The van der Waals surface area contributed by atoms with Gasteiger partial charge in [-0.3, -0.25) is 0 Å². The predicted molar refractivity (Wildman–Crippen MR) is 88.3 cm³/mol. The minimum Gasteiger partial charge on any atom is -0.487 e. The van der Waals surface area contributed by atoms with Gasteiger partial charge in [-0.1, -0.05) is 6.07 Å². The van der Waals surface area contributed by atoms with Gasteiger partial charge in [0.25, 0.3) is 0 Å². The van der Waals surface area contributed by atoms with Gasteiger partial charge in [0.05, 0.1) is 0 Å². The molecule has 1 atom stereocenters. The molecular formula is C18H25FN2O3. The molecule has 1 aromatic carbocycles. The summed E-state index contributed by atoms with van der Waals surface area (Å²) in [4.78, 5) is 13.9. The summed E-state index contributed by atoms with van der Waals surface area (Å²) in [5.41, 5.74) is 6.18. The summed E-state index contributed by atoms with van der Waals surface area (Å²) >= 11 is 0. The van der Waals surface area contributed by atoms with Crippen LogP contribution in [0, 0.1) is 5.82 Å². The van der Waals surface area contributed by atoms with Crippen LogP contribution in [0.2, 0.25) is 0 Å². The van der Waals surface area contributed by atoms with Crippen molar-refractivity contribution in [2.24, 2.45) is 5.73 Å². The molecule has 2 N–H and O–H groups in total. The van der Waals surface area contributed by atoms with Crippen molar-refractivity contribution in [1.82, 2.24) is 4.90 Å². The molecule has 0 saturated carbocycles. The van der Waals surface area contributed by atoms with Crippen LogP contribution in [0.4, 0.5) is 9.18 Å². The smallest absolute Gasteiger partial charge is 0.410 e. The summed E-state index contributed by atoms with van der Waals surface area (Å²) < 4.78 is 25.1. The highest BCUT2D eigenvalue weighted by Gasteiger charge is 2.43. The van der Waals surface area contributed by atoms with Crippen molar-refractivity contribution in [1.29, 1.82) is 0 Å². The lowest BCUT2D eigenvalue weighted by atomic mass is 9.81. The number of nitrogens with two attached hydrogens (primary N) is 1. The Hall–Kier alpha value is -1.82. The number of rotatable bonds is 0. The fraction of sp³-hybridized carbons (Fsp3) is 0.611. The summed E-state index contributed by atoms with van der Waals surface area (Å²) in [6.07, 6.45) is 1.70. The largest absolute Gasteiger partial charge is 0.487 e. The number of hydrogen-bond donors (Lipinski definition) is 1. The number of fused-ring (bicyclic) bond motifs is 1. The fourth-order valence-electron chi connectivity index (χ4n) is 3.42. The van der Waals surface area contributed by atoms with Gasteiger partial charge < -0.3 is 20.1 Å². The lowest BCUT2D eigenvalue weighted by molar-refractivity contribution is -0.0321. The molecule has 6 heteroatoms. The number of ether oxygens (including phenoxy) is 2. The Labute approximate surface area is 141 Å². The number of likely N-dealkylation sites (tertiary alicyclic amines) is 1. The third kappa shape index (κ3) is 3.48. The molecule has 2 heterocycles. The zero-order chi connectivity index (χ0) is 17.5. The number of piperidine rings is 1. The van der Waals surface area contributed by atoms with Gasteiger partial charge in [-0.05, 0) is 26.8 Å². The van der Waals surface area contributed by atoms with Crippen molar-refractivity contribution in [3.8, 4) is 5.75 Å². The van der Waals surface area contributed by atoms with E-state index in [1.807, 2.05) is 20.8 Å². The topological polar surface area (TPSA) is 64.8 Å². The second-order valence-electron chi connectivity index (χ2n) is 7.75. The Kier molecular flexibility index (Phi) is 4.20. The summed E-state index contributed by atoms with van der Waals surface area (Å²) in [5.74, 6) is 0.198. The quantitative estimate of drug-likeness (QED) is 0.789. The Morgan fingerprint density at radius 2 is 2.04 bits per heavy atom. The van der Waals surface area contributed by atoms with E-state index in [2.05, 4.69) is 0 Å². The van der Waals surface area contributed by atoms with Gasteiger partial charge in [0, 0.05) is 50.0 Å². The summed E-state index contributed by atoms with van der Waals surface area (Å²) in [6, 6.07) is 4.32. The van der Waals surface area contributed by atoms with E-state index in [0.29, 0.717) is 38.1 Å². The Morgan fingerprint density at radius 1 is 1.38 bits per heavy atom. The number of hydrogen-bond acceptors (Lipinski definition) is 4. The molecule has 0 bridgehead atoms. The molecule has 0 aromatic heterocycles. The molecule has 0 aliphatic carbocycles. The first-order chi connectivity index (χ1) is 11.2. The number of carbonyl (C=O) groups is 1. The highest BCUT2D eigenvalue weighted by atomic mass is 19.1. The maximum atomic E-state index is 13.5. The zero-order valence-corrected chi connectivity index (χ0v) is 14.5. The number of carbonyl (C=O) groups excluding carboxylic acids is 1. The molecular weight excluding hydrogens is 311 g/mol. The summed E-state index contributed by atoms with van der Waals surface area (Å²) in [5, 5.41) is 0. The highest BCUT2D eigenvalue weighted by Crippen LogP contribution is 2.43. The molecule has 1 unspecified atom stereocenters. The predicted octanol–water partition coefficient (Wildman–Crippen LogP) is 3.38. The normalized spacial score (nSPS) is 22.7. The maximum Gasteiger partial charge on any atom is 0.410 e. The SMILES string of the molecule is CC(C)(C)OC(=O)N1CCC2(CC1)CC(N)c1ccc(F)cc1O2. The van der Waals surface area contributed by atoms with Gasteiger partial charge in [0.1, 0.15) is 22.8 Å². The van der Waals surface area contributed by atoms with E-state index in [0.717, 1.165) is 5.56 Å². The first-order valence-corrected chi connectivity index (χ1v) is 8.39. The van der Waals surface area contributed by atoms with Crippen LogP contribution >= 0.6 is 0 Å². The second kappa shape index (κ2) is 5.92. The van der Waals surface area contributed by atoms with E-state index < -0.39 is 11.2 Å². The van der Waals surface area contributed by atoms with E-state index in [4.69, 9.17) is 15.2 Å². The van der Waals surface area contributed by atoms with E-state index in [-0.39, 0.29) is 18.0 Å². The minimum absolute atomic E-state index is 0.178. The average Bonchev–Trinajstić information content (AvgIpc) is 2.45. The highest BCUT2D eigenvalue weighted by molar-refractivity contribution is 5.68. The van der Waals surface area contributed by atoms with E-state index in [1.54, 1.807) is 11.0 Å². The van der Waals surface area contributed by atoms with E-state index in [1.165, 1.54) is 12.1 Å². The van der Waals surface area contributed by atoms with Gasteiger partial charge >= 0.3 is 6.09 Å². The van der Waals surface area contributed by atoms with Crippen LogP contribution in [-0.4, -0.2) is 35.3 Å². The lowest BCUT2D eigenvalue weighted by Crippen LogP contribution is -2.53. The third-order valence-corrected chi connectivity index (χ3v) is 4.62. The molecule has 1 amide bonds. The number of halogens is 1. The summed E-state index contributed by atoms with van der Waals surface area (Å²) in [7, 11) is 0. The van der Waals surface area contributed by atoms with Crippen LogP contribution in [0.5, 0.6) is 5.75 Å². The molecule has 2 aliphatic rings. The van der Waals surface area contributed by atoms with Gasteiger partial charge in [-0.15, -0.1) is 0 Å². The lowest BCUT2D eigenvalue weighted by Gasteiger charge is -2.46. The molecule has 1 spiro atoms. The maximum absolute atomic E-state index is 13.5. The zero-order valence-electron chi connectivity index (χ0n) is 14.5. The van der Waals surface area contributed by atoms with Crippen molar-refractivity contribution < 1.29 is 18.7 Å². The van der Waals surface area contributed by atoms with Gasteiger partial charge in [0.2, 0.25) is 0 Å². The average molecular weight is 336 g/mol. The minimum atomic E-state index is -0.508. The van der Waals surface area contributed by atoms with Crippen LogP contribution in [0.25, 0.3) is 0 Å². The van der Waals surface area contributed by atoms with Crippen LogP contribution in [0.1, 0.15) is 51.6 Å². The Morgan fingerprint density at radius 3 is 2.67 bits per heavy atom. The number of amides is 1. The standard InChI is InChI=1S/C18H25FN2O3/c1-17(2,3)24-16(22)21-8-6-18(7-9-21)11-14(20)13-5-4-12(19)10-15(13)23-18/h4-5,10,14H,6-9,11,20H2,1-3H3. The van der Waals surface area contributed by atoms with Gasteiger partial charge in [0.15, 0.2) is 0 Å². The monoisotopic (exact) mass is 336 g/mol. The van der Waals surface area contributed by atoms with Gasteiger partial charge in [-0.25, -0.2) is 9.18 Å². The Bertz CT molecular complexity index is 634. The first-order valence-electron chi connectivity index (χ1n) is 8.39. The van der Waals surface area contributed by atoms with Crippen molar-refractivity contribution in [2.45, 2.75) is 57.3 Å². The molecule has 0 radical (unpaired) electrons. The van der Waals surface area contributed by atoms with Crippen molar-refractivity contribution in [3.63, 3.8) is 0 Å². The fourth-order valence-corrected chi connectivity index (χ4v) is 3.42. The Balaban J connectivity index is 1.69. The van der Waals surface area contributed by atoms with Crippen LogP contribution in [0.3, 0.4) is 0 Å². The van der Waals surface area contributed by atoms with Crippen LogP contribution in [-0.2, 0) is 4.74 Å². The number of nitrogens with zero attached hydrogens (tertiary/aromatic N) is 1. The summed E-state index contributed by atoms with van der Waals surface area (Å²) in [6.45, 7) is 6.65. The molecule has 132 valence electrons. The van der Waals surface area contributed by atoms with E-state index >= 15 is 0 Å². The van der Waals surface area contributed by atoms with Gasteiger partial charge in [-0.2, -0.15) is 0 Å². The molecule has 5 nitrogen and oxygen atoms in total. The molecule has 1 fully saturated rings. The van der Waals surface area contributed by atoms with E-state index in [9.17, 15) is 9.18 Å². The van der Waals surface area contributed by atoms with Crippen molar-refractivity contribution in [2.75, 3.05) is 13.1 Å². The van der Waals surface area contributed by atoms with Crippen molar-refractivity contribution in [3.05, 3.63) is 29.6 Å². The van der Waals surface area contributed by atoms with Crippen LogP contribution in [0.15, 0.2) is 18.2 Å². The first kappa shape index (κ1) is 17.0. The number of benzene rings is 1. The molecule has 1 aromatic rings. The third-order valence-electron chi connectivity index (χ3n) is 4.62. The second-order valence-corrected chi connectivity index (χ2v) is 7.75. The van der Waals surface area contributed by atoms with Crippen LogP contribution < -0.4 is 10.5 Å². The molecule has 2 aliphatic heterocycles. The molecule has 1 saturated heterocycles.